The van der Waals surface area contributed by atoms with E-state index in [9.17, 15) is 9.59 Å². The topological polar surface area (TPSA) is 79.8 Å². The molecule has 2 N–H and O–H groups in total. The largest absolute Gasteiger partial charge is 0.381 e. The molecule has 1 fully saturated rings. The molecular weight excluding hydrogens is 210 g/mol. The number of ether oxygens (including phenoxy) is 1. The lowest BCUT2D eigenvalue weighted by Crippen LogP contribution is -2.44. The van der Waals surface area contributed by atoms with Crippen LogP contribution < -0.4 is 10.7 Å². The number of rotatable bonds is 2. The Morgan fingerprint density at radius 3 is 2.75 bits per heavy atom. The van der Waals surface area contributed by atoms with E-state index in [-0.39, 0.29) is 17.9 Å². The highest BCUT2D eigenvalue weighted by molar-refractivity contribution is 6.39. The Hall–Kier alpha value is -1.43. The summed E-state index contributed by atoms with van der Waals surface area (Å²) in [7, 11) is 0. The van der Waals surface area contributed by atoms with Crippen molar-refractivity contribution in [1.82, 2.24) is 10.7 Å². The van der Waals surface area contributed by atoms with E-state index in [1.807, 2.05) is 0 Å². The Balaban J connectivity index is 1.85. The van der Waals surface area contributed by atoms with Gasteiger partial charge in [-0.05, 0) is 12.8 Å². The molecule has 0 aromatic carbocycles. The van der Waals surface area contributed by atoms with Crippen molar-refractivity contribution >= 4 is 17.5 Å². The zero-order chi connectivity index (χ0) is 11.4. The molecule has 6 heteroatoms. The van der Waals surface area contributed by atoms with Crippen molar-refractivity contribution in [2.75, 3.05) is 13.2 Å². The maximum absolute atomic E-state index is 11.7. The van der Waals surface area contributed by atoms with Crippen LogP contribution >= 0.6 is 0 Å². The molecule has 6 nitrogen and oxygen atoms in total. The van der Waals surface area contributed by atoms with E-state index in [0.29, 0.717) is 31.8 Å². The van der Waals surface area contributed by atoms with E-state index in [1.165, 1.54) is 0 Å². The zero-order valence-corrected chi connectivity index (χ0v) is 8.99. The minimum atomic E-state index is -0.174. The van der Waals surface area contributed by atoms with Crippen LogP contribution in [0, 0.1) is 0 Å². The molecule has 0 atom stereocenters. The first-order valence-corrected chi connectivity index (χ1v) is 5.50. The molecule has 0 spiro atoms. The molecule has 2 aliphatic heterocycles. The first-order chi connectivity index (χ1) is 7.75. The lowest BCUT2D eigenvalue weighted by molar-refractivity contribution is -0.121. The van der Waals surface area contributed by atoms with Crippen LogP contribution in [0.15, 0.2) is 5.10 Å². The summed E-state index contributed by atoms with van der Waals surface area (Å²) in [5, 5.41) is 6.65. The number of carbonyl (C=O) groups excluding carboxylic acids is 2. The summed E-state index contributed by atoms with van der Waals surface area (Å²) in [6.45, 7) is 1.38. The van der Waals surface area contributed by atoms with Gasteiger partial charge in [0.05, 0.1) is 0 Å². The van der Waals surface area contributed by atoms with Crippen molar-refractivity contribution < 1.29 is 14.3 Å². The molecule has 2 heterocycles. The average molecular weight is 225 g/mol. The number of nitrogens with one attached hydrogen (secondary N) is 2. The summed E-state index contributed by atoms with van der Waals surface area (Å²) in [5.74, 6) is -0.311. The maximum Gasteiger partial charge on any atom is 0.267 e. The van der Waals surface area contributed by atoms with Gasteiger partial charge in [-0.1, -0.05) is 0 Å². The number of amides is 2. The monoisotopic (exact) mass is 225 g/mol. The maximum atomic E-state index is 11.7. The van der Waals surface area contributed by atoms with Crippen molar-refractivity contribution in [2.24, 2.45) is 5.10 Å². The second kappa shape index (κ2) is 5.07. The van der Waals surface area contributed by atoms with Crippen LogP contribution in [-0.4, -0.2) is 36.8 Å². The van der Waals surface area contributed by atoms with E-state index < -0.39 is 0 Å². The Bertz CT molecular complexity index is 321. The number of hydrogen-bond donors (Lipinski definition) is 2. The molecule has 2 amide bonds. The molecule has 0 saturated carbocycles. The van der Waals surface area contributed by atoms with E-state index in [0.717, 1.165) is 12.8 Å². The van der Waals surface area contributed by atoms with Gasteiger partial charge in [0.2, 0.25) is 5.91 Å². The molecule has 0 unspecified atom stereocenters. The Morgan fingerprint density at radius 2 is 2.12 bits per heavy atom. The van der Waals surface area contributed by atoms with Crippen molar-refractivity contribution in [3.63, 3.8) is 0 Å². The summed E-state index contributed by atoms with van der Waals surface area (Å²) in [5.41, 5.74) is 2.72. The summed E-state index contributed by atoms with van der Waals surface area (Å²) < 4.78 is 5.20. The predicted octanol–water partition coefficient (Wildman–Crippen LogP) is -0.452. The van der Waals surface area contributed by atoms with Gasteiger partial charge in [-0.25, -0.2) is 5.43 Å². The van der Waals surface area contributed by atoms with Crippen molar-refractivity contribution in [1.29, 1.82) is 0 Å². The van der Waals surface area contributed by atoms with Gasteiger partial charge in [-0.2, -0.15) is 5.10 Å². The molecule has 0 bridgehead atoms. The Morgan fingerprint density at radius 1 is 1.38 bits per heavy atom. The lowest BCUT2D eigenvalue weighted by atomic mass is 10.1. The SMILES string of the molecule is O=C1CCC(C(=O)NC2CCOCC2)=NN1. The van der Waals surface area contributed by atoms with Gasteiger partial charge >= 0.3 is 0 Å². The van der Waals surface area contributed by atoms with Gasteiger partial charge < -0.3 is 10.1 Å². The highest BCUT2D eigenvalue weighted by atomic mass is 16.5. The first kappa shape index (κ1) is 11.1. The predicted molar refractivity (Wildman–Crippen MR) is 56.8 cm³/mol. The van der Waals surface area contributed by atoms with Gasteiger partial charge in [-0.15, -0.1) is 0 Å². The first-order valence-electron chi connectivity index (χ1n) is 5.50. The molecule has 0 aromatic heterocycles. The van der Waals surface area contributed by atoms with Crippen LogP contribution in [0.1, 0.15) is 25.7 Å². The molecule has 88 valence electrons. The van der Waals surface area contributed by atoms with Crippen LogP contribution in [0.4, 0.5) is 0 Å². The summed E-state index contributed by atoms with van der Waals surface area (Å²) in [6, 6.07) is 0.168. The standard InChI is InChI=1S/C10H15N3O3/c14-9-2-1-8(12-13-9)10(15)11-7-3-5-16-6-4-7/h7H,1-6H2,(H,11,15)(H,13,14). The van der Waals surface area contributed by atoms with Gasteiger partial charge in [0.25, 0.3) is 5.91 Å². The minimum Gasteiger partial charge on any atom is -0.381 e. The molecule has 0 aliphatic carbocycles. The molecule has 16 heavy (non-hydrogen) atoms. The fourth-order valence-corrected chi connectivity index (χ4v) is 1.75. The number of nitrogens with zero attached hydrogens (tertiary/aromatic N) is 1. The third kappa shape index (κ3) is 2.79. The second-order valence-electron chi connectivity index (χ2n) is 3.95. The van der Waals surface area contributed by atoms with Crippen LogP contribution in [0.3, 0.4) is 0 Å². The molecule has 0 aromatic rings. The van der Waals surface area contributed by atoms with Crippen LogP contribution in [0.5, 0.6) is 0 Å². The zero-order valence-electron chi connectivity index (χ0n) is 8.99. The fourth-order valence-electron chi connectivity index (χ4n) is 1.75. The van der Waals surface area contributed by atoms with Gasteiger partial charge in [0, 0.05) is 32.1 Å². The summed E-state index contributed by atoms with van der Waals surface area (Å²) in [4.78, 5) is 22.6. The molecule has 1 saturated heterocycles. The number of hydrazone groups is 1. The van der Waals surface area contributed by atoms with E-state index in [2.05, 4.69) is 15.8 Å². The van der Waals surface area contributed by atoms with Crippen LogP contribution in [0.2, 0.25) is 0 Å². The third-order valence-corrected chi connectivity index (χ3v) is 2.72. The van der Waals surface area contributed by atoms with E-state index in [1.54, 1.807) is 0 Å². The van der Waals surface area contributed by atoms with Crippen molar-refractivity contribution in [2.45, 2.75) is 31.7 Å². The Labute approximate surface area is 93.4 Å². The third-order valence-electron chi connectivity index (χ3n) is 2.72. The lowest BCUT2D eigenvalue weighted by Gasteiger charge is -2.23. The molecule has 2 rings (SSSR count). The van der Waals surface area contributed by atoms with Crippen LogP contribution in [-0.2, 0) is 14.3 Å². The minimum absolute atomic E-state index is 0.136. The van der Waals surface area contributed by atoms with E-state index >= 15 is 0 Å². The van der Waals surface area contributed by atoms with Crippen molar-refractivity contribution in [3.8, 4) is 0 Å². The summed E-state index contributed by atoms with van der Waals surface area (Å²) >= 11 is 0. The number of carbonyl (C=O) groups is 2. The summed E-state index contributed by atoms with van der Waals surface area (Å²) in [6.07, 6.45) is 2.43. The fraction of sp³-hybridized carbons (Fsp3) is 0.700. The highest BCUT2D eigenvalue weighted by Crippen LogP contribution is 2.07. The smallest absolute Gasteiger partial charge is 0.267 e. The average Bonchev–Trinajstić information content (AvgIpc) is 2.31. The van der Waals surface area contributed by atoms with Crippen molar-refractivity contribution in [3.05, 3.63) is 0 Å². The highest BCUT2D eigenvalue weighted by Gasteiger charge is 2.22. The molecule has 2 aliphatic rings. The quantitative estimate of drug-likeness (QED) is 0.668. The van der Waals surface area contributed by atoms with E-state index in [4.69, 9.17) is 4.74 Å². The number of hydrogen-bond acceptors (Lipinski definition) is 4. The van der Waals surface area contributed by atoms with Gasteiger partial charge in [0.1, 0.15) is 5.71 Å². The normalized spacial score (nSPS) is 22.2. The Kier molecular flexibility index (Phi) is 3.51. The molecular formula is C10H15N3O3. The van der Waals surface area contributed by atoms with Gasteiger partial charge in [0.15, 0.2) is 0 Å². The second-order valence-corrected chi connectivity index (χ2v) is 3.95. The molecule has 0 radical (unpaired) electrons. The van der Waals surface area contributed by atoms with Crippen LogP contribution in [0.25, 0.3) is 0 Å². The van der Waals surface area contributed by atoms with Gasteiger partial charge in [-0.3, -0.25) is 9.59 Å².